The summed E-state index contributed by atoms with van der Waals surface area (Å²) in [4.78, 5) is 26.8. The number of aliphatic carboxylic acids is 1. The third-order valence-electron chi connectivity index (χ3n) is 3.61. The van der Waals surface area contributed by atoms with Crippen molar-refractivity contribution in [3.05, 3.63) is 18.7 Å². The first kappa shape index (κ1) is 13.6. The largest absolute Gasteiger partial charge is 0.481 e. The van der Waals surface area contributed by atoms with Crippen molar-refractivity contribution in [2.75, 3.05) is 0 Å². The molecule has 0 aromatic carbocycles. The fourth-order valence-electron chi connectivity index (χ4n) is 2.70. The third kappa shape index (κ3) is 3.81. The van der Waals surface area contributed by atoms with Crippen LogP contribution in [0.5, 0.6) is 0 Å². The van der Waals surface area contributed by atoms with Gasteiger partial charge in [-0.3, -0.25) is 9.59 Å². The van der Waals surface area contributed by atoms with E-state index in [1.54, 1.807) is 18.7 Å². The summed E-state index contributed by atoms with van der Waals surface area (Å²) < 4.78 is 1.83. The first-order valence-corrected chi connectivity index (χ1v) is 6.58. The highest BCUT2D eigenvalue weighted by atomic mass is 16.4. The van der Waals surface area contributed by atoms with Crippen molar-refractivity contribution in [2.45, 2.75) is 50.6 Å². The minimum absolute atomic E-state index is 0.0177. The molecule has 2 N–H and O–H groups in total. The molecule has 0 unspecified atom stereocenters. The van der Waals surface area contributed by atoms with Crippen LogP contribution in [0.3, 0.4) is 0 Å². The maximum Gasteiger partial charge on any atom is 0.305 e. The van der Waals surface area contributed by atoms with Crippen LogP contribution in [-0.4, -0.2) is 32.1 Å². The third-order valence-corrected chi connectivity index (χ3v) is 3.61. The SMILES string of the molecule is O=C(O)CC1(NC(=O)CCn2ccnc2)CCCC1. The number of amides is 1. The number of imidazole rings is 1. The number of aryl methyl sites for hydroxylation is 1. The summed E-state index contributed by atoms with van der Waals surface area (Å²) in [5.41, 5.74) is -0.530. The molecule has 19 heavy (non-hydrogen) atoms. The molecule has 1 aromatic heterocycles. The number of hydrogen-bond acceptors (Lipinski definition) is 3. The summed E-state index contributed by atoms with van der Waals surface area (Å²) in [5.74, 6) is -0.936. The fraction of sp³-hybridized carbons (Fsp3) is 0.615. The second-order valence-electron chi connectivity index (χ2n) is 5.16. The molecule has 1 heterocycles. The highest BCUT2D eigenvalue weighted by Gasteiger charge is 2.37. The van der Waals surface area contributed by atoms with Crippen molar-refractivity contribution in [1.29, 1.82) is 0 Å². The Balaban J connectivity index is 1.86. The van der Waals surface area contributed by atoms with E-state index in [1.807, 2.05) is 4.57 Å². The quantitative estimate of drug-likeness (QED) is 0.808. The number of carboxylic acids is 1. The van der Waals surface area contributed by atoms with Crippen molar-refractivity contribution in [3.8, 4) is 0 Å². The molecule has 1 aliphatic rings. The number of rotatable bonds is 6. The normalized spacial score (nSPS) is 17.3. The van der Waals surface area contributed by atoms with Gasteiger partial charge >= 0.3 is 5.97 Å². The molecule has 104 valence electrons. The van der Waals surface area contributed by atoms with Crippen molar-refractivity contribution >= 4 is 11.9 Å². The predicted molar refractivity (Wildman–Crippen MR) is 68.4 cm³/mol. The molecule has 0 bridgehead atoms. The number of carbonyl (C=O) groups excluding carboxylic acids is 1. The van der Waals surface area contributed by atoms with Gasteiger partial charge < -0.3 is 15.0 Å². The minimum Gasteiger partial charge on any atom is -0.481 e. The Hall–Kier alpha value is -1.85. The lowest BCUT2D eigenvalue weighted by atomic mass is 9.93. The smallest absolute Gasteiger partial charge is 0.305 e. The number of hydrogen-bond donors (Lipinski definition) is 2. The van der Waals surface area contributed by atoms with Crippen LogP contribution in [0, 0.1) is 0 Å². The minimum atomic E-state index is -0.850. The maximum absolute atomic E-state index is 11.9. The molecule has 0 atom stereocenters. The summed E-state index contributed by atoms with van der Waals surface area (Å²) in [6, 6.07) is 0. The summed E-state index contributed by atoms with van der Waals surface area (Å²) in [6.45, 7) is 0.564. The molecule has 0 aliphatic heterocycles. The Bertz CT molecular complexity index is 436. The van der Waals surface area contributed by atoms with Crippen molar-refractivity contribution in [1.82, 2.24) is 14.9 Å². The van der Waals surface area contributed by atoms with Crippen LogP contribution in [0.2, 0.25) is 0 Å². The number of carboxylic acid groups (broad SMARTS) is 1. The number of nitrogens with zero attached hydrogens (tertiary/aromatic N) is 2. The van der Waals surface area contributed by atoms with Crippen molar-refractivity contribution < 1.29 is 14.7 Å². The molecule has 0 saturated heterocycles. The van der Waals surface area contributed by atoms with Gasteiger partial charge in [-0.05, 0) is 12.8 Å². The predicted octanol–water partition coefficient (Wildman–Crippen LogP) is 1.18. The number of aromatic nitrogens is 2. The van der Waals surface area contributed by atoms with E-state index >= 15 is 0 Å². The molecule has 1 amide bonds. The van der Waals surface area contributed by atoms with E-state index in [0.717, 1.165) is 25.7 Å². The Labute approximate surface area is 111 Å². The first-order chi connectivity index (χ1) is 9.10. The van der Waals surface area contributed by atoms with E-state index in [-0.39, 0.29) is 12.3 Å². The highest BCUT2D eigenvalue weighted by molar-refractivity contribution is 5.78. The lowest BCUT2D eigenvalue weighted by Crippen LogP contribution is -2.48. The monoisotopic (exact) mass is 265 g/mol. The van der Waals surface area contributed by atoms with Crippen LogP contribution in [0.1, 0.15) is 38.5 Å². The van der Waals surface area contributed by atoms with E-state index in [0.29, 0.717) is 13.0 Å². The van der Waals surface area contributed by atoms with Gasteiger partial charge in [0.2, 0.25) is 5.91 Å². The molecule has 1 fully saturated rings. The van der Waals surface area contributed by atoms with Gasteiger partial charge in [0.1, 0.15) is 0 Å². The van der Waals surface area contributed by atoms with Crippen LogP contribution < -0.4 is 5.32 Å². The Kier molecular flexibility index (Phi) is 4.19. The average molecular weight is 265 g/mol. The van der Waals surface area contributed by atoms with Gasteiger partial charge in [-0.1, -0.05) is 12.8 Å². The second kappa shape index (κ2) is 5.86. The number of nitrogens with one attached hydrogen (secondary N) is 1. The molecule has 1 aliphatic carbocycles. The zero-order chi connectivity index (χ0) is 13.7. The topological polar surface area (TPSA) is 84.2 Å². The molecule has 1 aromatic rings. The summed E-state index contributed by atoms with van der Waals surface area (Å²) in [5, 5.41) is 11.9. The summed E-state index contributed by atoms with van der Waals surface area (Å²) in [7, 11) is 0. The molecule has 0 spiro atoms. The van der Waals surface area contributed by atoms with Crippen molar-refractivity contribution in [2.24, 2.45) is 0 Å². The van der Waals surface area contributed by atoms with Gasteiger partial charge in [-0.15, -0.1) is 0 Å². The van der Waals surface area contributed by atoms with Gasteiger partial charge in [-0.25, -0.2) is 4.98 Å². The molecular formula is C13H19N3O3. The summed E-state index contributed by atoms with van der Waals surface area (Å²) >= 11 is 0. The molecule has 2 rings (SSSR count). The van der Waals surface area contributed by atoms with E-state index < -0.39 is 11.5 Å². The van der Waals surface area contributed by atoms with Gasteiger partial charge in [0.25, 0.3) is 0 Å². The van der Waals surface area contributed by atoms with Crippen molar-refractivity contribution in [3.63, 3.8) is 0 Å². The molecule has 6 heteroatoms. The van der Waals surface area contributed by atoms with Gasteiger partial charge in [0.15, 0.2) is 0 Å². The van der Waals surface area contributed by atoms with Crippen LogP contribution >= 0.6 is 0 Å². The Morgan fingerprint density at radius 2 is 2.11 bits per heavy atom. The molecule has 0 radical (unpaired) electrons. The molecule has 6 nitrogen and oxygen atoms in total. The zero-order valence-electron chi connectivity index (χ0n) is 10.8. The van der Waals surface area contributed by atoms with E-state index in [2.05, 4.69) is 10.3 Å². The van der Waals surface area contributed by atoms with Crippen LogP contribution in [-0.2, 0) is 16.1 Å². The first-order valence-electron chi connectivity index (χ1n) is 6.58. The molecule has 1 saturated carbocycles. The lowest BCUT2D eigenvalue weighted by Gasteiger charge is -2.28. The van der Waals surface area contributed by atoms with Gasteiger partial charge in [-0.2, -0.15) is 0 Å². The zero-order valence-corrected chi connectivity index (χ0v) is 10.8. The Morgan fingerprint density at radius 3 is 2.68 bits per heavy atom. The van der Waals surface area contributed by atoms with E-state index in [9.17, 15) is 9.59 Å². The molecular weight excluding hydrogens is 246 g/mol. The van der Waals surface area contributed by atoms with Crippen LogP contribution in [0.4, 0.5) is 0 Å². The maximum atomic E-state index is 11.9. The van der Waals surface area contributed by atoms with Gasteiger partial charge in [0, 0.05) is 25.4 Å². The fourth-order valence-corrected chi connectivity index (χ4v) is 2.70. The van der Waals surface area contributed by atoms with Crippen LogP contribution in [0.15, 0.2) is 18.7 Å². The van der Waals surface area contributed by atoms with E-state index in [4.69, 9.17) is 5.11 Å². The standard InChI is InChI=1S/C13H19N3O3/c17-11(3-7-16-8-6-14-10-16)15-13(9-12(18)19)4-1-2-5-13/h6,8,10H,1-5,7,9H2,(H,15,17)(H,18,19). The lowest BCUT2D eigenvalue weighted by molar-refractivity contribution is -0.139. The Morgan fingerprint density at radius 1 is 1.37 bits per heavy atom. The highest BCUT2D eigenvalue weighted by Crippen LogP contribution is 2.32. The van der Waals surface area contributed by atoms with Gasteiger partial charge in [0.05, 0.1) is 18.3 Å². The number of carbonyl (C=O) groups is 2. The average Bonchev–Trinajstić information content (AvgIpc) is 2.97. The van der Waals surface area contributed by atoms with Crippen LogP contribution in [0.25, 0.3) is 0 Å². The van der Waals surface area contributed by atoms with E-state index in [1.165, 1.54) is 0 Å². The second-order valence-corrected chi connectivity index (χ2v) is 5.16. The summed E-state index contributed by atoms with van der Waals surface area (Å²) in [6.07, 6.45) is 8.98.